The highest BCUT2D eigenvalue weighted by Crippen LogP contribution is 2.46. The maximum absolute atomic E-state index is 9.13. The standard InChI is InChI=1S/C12H9BO3S/c14-13(15)8-5-6-10-12(7-8)17-11-4-2-1-3-9(11)16-10/h1-7,14-15H. The van der Waals surface area contributed by atoms with Crippen molar-refractivity contribution in [2.45, 2.75) is 9.79 Å². The maximum atomic E-state index is 9.13. The fourth-order valence-corrected chi connectivity index (χ4v) is 2.70. The van der Waals surface area contributed by atoms with Crippen LogP contribution in [0.25, 0.3) is 0 Å². The summed E-state index contributed by atoms with van der Waals surface area (Å²) in [5, 5.41) is 18.3. The first-order valence-electron chi connectivity index (χ1n) is 5.19. The molecule has 0 saturated carbocycles. The molecule has 3 nitrogen and oxygen atoms in total. The predicted molar refractivity (Wildman–Crippen MR) is 66.9 cm³/mol. The SMILES string of the molecule is OB(O)c1ccc2c(c1)Sc1ccccc1O2. The van der Waals surface area contributed by atoms with Gasteiger partial charge in [0.1, 0.15) is 11.5 Å². The van der Waals surface area contributed by atoms with Gasteiger partial charge in [0, 0.05) is 0 Å². The minimum Gasteiger partial charge on any atom is -0.455 e. The van der Waals surface area contributed by atoms with Crippen LogP contribution in [0.4, 0.5) is 0 Å². The van der Waals surface area contributed by atoms with Gasteiger partial charge in [-0.25, -0.2) is 0 Å². The van der Waals surface area contributed by atoms with E-state index in [1.165, 1.54) is 0 Å². The number of ether oxygens (including phenoxy) is 1. The average molecular weight is 244 g/mol. The third-order valence-corrected chi connectivity index (χ3v) is 3.65. The van der Waals surface area contributed by atoms with Crippen molar-refractivity contribution >= 4 is 24.3 Å². The van der Waals surface area contributed by atoms with Crippen molar-refractivity contribution in [3.05, 3.63) is 42.5 Å². The van der Waals surface area contributed by atoms with Crippen LogP contribution in [0.5, 0.6) is 11.5 Å². The lowest BCUT2D eigenvalue weighted by molar-refractivity contribution is 0.425. The lowest BCUT2D eigenvalue weighted by atomic mass is 9.80. The number of fused-ring (bicyclic) bond motifs is 2. The molecule has 1 heterocycles. The number of para-hydroxylation sites is 1. The highest BCUT2D eigenvalue weighted by Gasteiger charge is 2.20. The molecule has 84 valence electrons. The zero-order valence-corrected chi connectivity index (χ0v) is 9.65. The van der Waals surface area contributed by atoms with Gasteiger partial charge >= 0.3 is 7.12 Å². The first kappa shape index (κ1) is 10.7. The number of hydrogen-bond donors (Lipinski definition) is 2. The molecule has 0 amide bonds. The third-order valence-electron chi connectivity index (χ3n) is 2.55. The zero-order valence-electron chi connectivity index (χ0n) is 8.83. The van der Waals surface area contributed by atoms with E-state index in [9.17, 15) is 0 Å². The molecule has 2 aromatic rings. The summed E-state index contributed by atoms with van der Waals surface area (Å²) in [6.07, 6.45) is 0. The molecule has 0 radical (unpaired) electrons. The van der Waals surface area contributed by atoms with Gasteiger partial charge in [-0.1, -0.05) is 30.0 Å². The quantitative estimate of drug-likeness (QED) is 0.638. The van der Waals surface area contributed by atoms with Crippen molar-refractivity contribution in [1.82, 2.24) is 0 Å². The molecule has 1 aliphatic rings. The molecule has 17 heavy (non-hydrogen) atoms. The van der Waals surface area contributed by atoms with Crippen molar-refractivity contribution in [3.8, 4) is 11.5 Å². The van der Waals surface area contributed by atoms with Crippen molar-refractivity contribution in [2.75, 3.05) is 0 Å². The van der Waals surface area contributed by atoms with Gasteiger partial charge in [0.05, 0.1) is 9.79 Å². The van der Waals surface area contributed by atoms with E-state index in [0.717, 1.165) is 21.3 Å². The van der Waals surface area contributed by atoms with E-state index in [1.807, 2.05) is 24.3 Å². The summed E-state index contributed by atoms with van der Waals surface area (Å²) in [7, 11) is -1.45. The molecular formula is C12H9BO3S. The monoisotopic (exact) mass is 244 g/mol. The van der Waals surface area contributed by atoms with Crippen molar-refractivity contribution < 1.29 is 14.8 Å². The summed E-state index contributed by atoms with van der Waals surface area (Å²) in [6.45, 7) is 0. The van der Waals surface area contributed by atoms with Crippen LogP contribution in [0.1, 0.15) is 0 Å². The van der Waals surface area contributed by atoms with E-state index < -0.39 is 7.12 Å². The van der Waals surface area contributed by atoms with Gasteiger partial charge in [0.25, 0.3) is 0 Å². The largest absolute Gasteiger partial charge is 0.488 e. The predicted octanol–water partition coefficient (Wildman–Crippen LogP) is 1.62. The van der Waals surface area contributed by atoms with Crippen LogP contribution >= 0.6 is 11.8 Å². The van der Waals surface area contributed by atoms with Crippen LogP contribution in [-0.2, 0) is 0 Å². The Morgan fingerprint density at radius 2 is 1.71 bits per heavy atom. The zero-order chi connectivity index (χ0) is 11.8. The van der Waals surface area contributed by atoms with Gasteiger partial charge in [-0.2, -0.15) is 0 Å². The molecule has 3 rings (SSSR count). The fraction of sp³-hybridized carbons (Fsp3) is 0. The molecular weight excluding hydrogens is 235 g/mol. The van der Waals surface area contributed by atoms with Crippen LogP contribution < -0.4 is 10.2 Å². The normalized spacial score (nSPS) is 12.4. The van der Waals surface area contributed by atoms with Gasteiger partial charge in [-0.05, 0) is 29.7 Å². The molecule has 0 spiro atoms. The van der Waals surface area contributed by atoms with Gasteiger partial charge in [0.2, 0.25) is 0 Å². The number of hydrogen-bond acceptors (Lipinski definition) is 4. The summed E-state index contributed by atoms with van der Waals surface area (Å²) < 4.78 is 5.73. The minimum absolute atomic E-state index is 0.472. The summed E-state index contributed by atoms with van der Waals surface area (Å²) in [4.78, 5) is 1.93. The van der Waals surface area contributed by atoms with E-state index in [1.54, 1.807) is 30.0 Å². The second-order valence-corrected chi connectivity index (χ2v) is 4.81. The molecule has 5 heteroatoms. The van der Waals surface area contributed by atoms with Gasteiger partial charge in [-0.3, -0.25) is 0 Å². The molecule has 0 unspecified atom stereocenters. The molecule has 0 aliphatic carbocycles. The van der Waals surface area contributed by atoms with Crippen LogP contribution in [0, 0.1) is 0 Å². The van der Waals surface area contributed by atoms with Crippen molar-refractivity contribution in [2.24, 2.45) is 0 Å². The van der Waals surface area contributed by atoms with E-state index in [-0.39, 0.29) is 0 Å². The Labute approximate surface area is 103 Å². The fourth-order valence-electron chi connectivity index (χ4n) is 1.71. The first-order chi connectivity index (χ1) is 8.24. The lowest BCUT2D eigenvalue weighted by Crippen LogP contribution is -2.29. The second kappa shape index (κ2) is 4.11. The number of benzene rings is 2. The highest BCUT2D eigenvalue weighted by molar-refractivity contribution is 7.99. The highest BCUT2D eigenvalue weighted by atomic mass is 32.2. The summed E-state index contributed by atoms with van der Waals surface area (Å²) in [5.74, 6) is 1.58. The molecule has 0 bridgehead atoms. The lowest BCUT2D eigenvalue weighted by Gasteiger charge is -2.19. The molecule has 0 saturated heterocycles. The van der Waals surface area contributed by atoms with Crippen LogP contribution in [0.2, 0.25) is 0 Å². The Kier molecular flexibility index (Phi) is 2.59. The smallest absolute Gasteiger partial charge is 0.455 e. The van der Waals surface area contributed by atoms with E-state index >= 15 is 0 Å². The Balaban J connectivity index is 2.03. The topological polar surface area (TPSA) is 49.7 Å². The number of rotatable bonds is 1. The van der Waals surface area contributed by atoms with Gasteiger partial charge < -0.3 is 14.8 Å². The summed E-state index contributed by atoms with van der Waals surface area (Å²) >= 11 is 1.57. The average Bonchev–Trinajstić information content (AvgIpc) is 2.35. The molecule has 0 atom stereocenters. The maximum Gasteiger partial charge on any atom is 0.488 e. The molecule has 2 aromatic carbocycles. The Hall–Kier alpha value is -1.43. The van der Waals surface area contributed by atoms with Crippen molar-refractivity contribution in [1.29, 1.82) is 0 Å². The van der Waals surface area contributed by atoms with E-state index in [4.69, 9.17) is 14.8 Å². The van der Waals surface area contributed by atoms with Gasteiger partial charge in [0.15, 0.2) is 0 Å². The molecule has 0 fully saturated rings. The Morgan fingerprint density at radius 1 is 0.941 bits per heavy atom. The van der Waals surface area contributed by atoms with Crippen LogP contribution in [-0.4, -0.2) is 17.2 Å². The molecule has 2 N–H and O–H groups in total. The first-order valence-corrected chi connectivity index (χ1v) is 6.00. The van der Waals surface area contributed by atoms with Crippen LogP contribution in [0.15, 0.2) is 52.3 Å². The van der Waals surface area contributed by atoms with Crippen LogP contribution in [0.3, 0.4) is 0 Å². The van der Waals surface area contributed by atoms with E-state index in [2.05, 4.69) is 0 Å². The third kappa shape index (κ3) is 1.93. The van der Waals surface area contributed by atoms with E-state index in [0.29, 0.717) is 5.46 Å². The minimum atomic E-state index is -1.45. The molecule has 0 aromatic heterocycles. The van der Waals surface area contributed by atoms with Gasteiger partial charge in [-0.15, -0.1) is 0 Å². The summed E-state index contributed by atoms with van der Waals surface area (Å²) in [6, 6.07) is 12.9. The van der Waals surface area contributed by atoms with Crippen molar-refractivity contribution in [3.63, 3.8) is 0 Å². The second-order valence-electron chi connectivity index (χ2n) is 3.73. The Bertz CT molecular complexity index is 571. The summed E-state index contributed by atoms with van der Waals surface area (Å²) in [5.41, 5.74) is 0.472. The Morgan fingerprint density at radius 3 is 2.53 bits per heavy atom. The molecule has 1 aliphatic heterocycles.